The largest absolute Gasteiger partial charge is 0.394 e. The maximum Gasteiger partial charge on any atom is 0.281 e. The van der Waals surface area contributed by atoms with Crippen LogP contribution in [0.2, 0.25) is 0 Å². The van der Waals surface area contributed by atoms with Crippen LogP contribution in [0.15, 0.2) is 35.7 Å². The standard InChI is InChI=1S/C11H11F2N3O3S/c12-8-1-2-10(9(13)5-8)16(3-4-17)20(18,19)11-6-14-7-15-11/h1-2,5-7,17H,3-4H2,(H,14,15). The van der Waals surface area contributed by atoms with E-state index in [1.807, 2.05) is 0 Å². The molecule has 0 aliphatic carbocycles. The van der Waals surface area contributed by atoms with E-state index in [1.54, 1.807) is 0 Å². The molecule has 0 saturated carbocycles. The molecule has 0 radical (unpaired) electrons. The number of nitrogens with one attached hydrogen (secondary N) is 1. The predicted octanol–water partition coefficient (Wildman–Crippen LogP) is 0.876. The molecule has 2 N–H and O–H groups in total. The van der Waals surface area contributed by atoms with Crippen LogP contribution < -0.4 is 4.31 Å². The molecule has 0 aliphatic rings. The molecular formula is C11H11F2N3O3S. The first kappa shape index (κ1) is 14.4. The second kappa shape index (κ2) is 5.55. The van der Waals surface area contributed by atoms with Gasteiger partial charge in [-0.25, -0.2) is 13.8 Å². The number of rotatable bonds is 5. The van der Waals surface area contributed by atoms with Crippen molar-refractivity contribution in [2.75, 3.05) is 17.5 Å². The van der Waals surface area contributed by atoms with Crippen molar-refractivity contribution >= 4 is 15.7 Å². The molecule has 0 atom stereocenters. The lowest BCUT2D eigenvalue weighted by Gasteiger charge is -2.23. The van der Waals surface area contributed by atoms with Crippen molar-refractivity contribution in [3.05, 3.63) is 42.4 Å². The van der Waals surface area contributed by atoms with Gasteiger partial charge in [-0.3, -0.25) is 4.31 Å². The normalized spacial score (nSPS) is 11.6. The molecule has 0 amide bonds. The smallest absolute Gasteiger partial charge is 0.281 e. The minimum Gasteiger partial charge on any atom is -0.394 e. The number of aromatic nitrogens is 2. The SMILES string of the molecule is O=S(=O)(c1cnc[nH]1)N(CCO)c1ccc(F)cc1F. The van der Waals surface area contributed by atoms with Gasteiger partial charge < -0.3 is 10.1 Å². The van der Waals surface area contributed by atoms with E-state index in [4.69, 9.17) is 5.11 Å². The van der Waals surface area contributed by atoms with E-state index in [1.165, 1.54) is 0 Å². The van der Waals surface area contributed by atoms with Gasteiger partial charge in [0.25, 0.3) is 10.0 Å². The minimum atomic E-state index is -4.12. The lowest BCUT2D eigenvalue weighted by Crippen LogP contribution is -2.34. The van der Waals surface area contributed by atoms with Crippen LogP contribution in [-0.4, -0.2) is 36.6 Å². The fourth-order valence-electron chi connectivity index (χ4n) is 1.65. The van der Waals surface area contributed by atoms with E-state index < -0.39 is 28.3 Å². The Morgan fingerprint density at radius 1 is 1.35 bits per heavy atom. The highest BCUT2D eigenvalue weighted by Crippen LogP contribution is 2.25. The van der Waals surface area contributed by atoms with Gasteiger partial charge in [-0.05, 0) is 12.1 Å². The number of H-pyrrole nitrogens is 1. The van der Waals surface area contributed by atoms with Crippen molar-refractivity contribution < 1.29 is 22.3 Å². The molecule has 0 bridgehead atoms. The quantitative estimate of drug-likeness (QED) is 0.858. The highest BCUT2D eigenvalue weighted by atomic mass is 32.2. The zero-order valence-electron chi connectivity index (χ0n) is 10.1. The maximum atomic E-state index is 13.7. The number of halogens is 2. The number of hydrogen-bond donors (Lipinski definition) is 2. The van der Waals surface area contributed by atoms with E-state index in [-0.39, 0.29) is 17.3 Å². The lowest BCUT2D eigenvalue weighted by molar-refractivity contribution is 0.306. The number of aromatic amines is 1. The zero-order valence-corrected chi connectivity index (χ0v) is 10.9. The van der Waals surface area contributed by atoms with Gasteiger partial charge in [0.05, 0.1) is 31.4 Å². The molecule has 20 heavy (non-hydrogen) atoms. The minimum absolute atomic E-state index is 0.255. The first-order valence-corrected chi connectivity index (χ1v) is 6.98. The van der Waals surface area contributed by atoms with Gasteiger partial charge in [0.2, 0.25) is 0 Å². The highest BCUT2D eigenvalue weighted by molar-refractivity contribution is 7.92. The third-order valence-electron chi connectivity index (χ3n) is 2.52. The summed E-state index contributed by atoms with van der Waals surface area (Å²) in [5.74, 6) is -1.87. The summed E-state index contributed by atoms with van der Waals surface area (Å²) < 4.78 is 51.9. The molecule has 0 unspecified atom stereocenters. The molecule has 1 heterocycles. The average Bonchev–Trinajstić information content (AvgIpc) is 2.91. The summed E-state index contributed by atoms with van der Waals surface area (Å²) in [6, 6.07) is 2.50. The Labute approximate surface area is 113 Å². The summed E-state index contributed by atoms with van der Waals surface area (Å²) in [5, 5.41) is 8.72. The zero-order chi connectivity index (χ0) is 14.8. The number of imidazole rings is 1. The Morgan fingerprint density at radius 2 is 2.10 bits per heavy atom. The average molecular weight is 303 g/mol. The van der Waals surface area contributed by atoms with Crippen molar-refractivity contribution in [2.45, 2.75) is 5.03 Å². The number of anilines is 1. The molecular weight excluding hydrogens is 292 g/mol. The number of aliphatic hydroxyl groups is 1. The van der Waals surface area contributed by atoms with E-state index in [0.717, 1.165) is 24.7 Å². The molecule has 2 rings (SSSR count). The topological polar surface area (TPSA) is 86.3 Å². The van der Waals surface area contributed by atoms with Crippen LogP contribution in [-0.2, 0) is 10.0 Å². The number of sulfonamides is 1. The number of aliphatic hydroxyl groups excluding tert-OH is 1. The predicted molar refractivity (Wildman–Crippen MR) is 66.6 cm³/mol. The molecule has 108 valence electrons. The Kier molecular flexibility index (Phi) is 4.00. The fraction of sp³-hybridized carbons (Fsp3) is 0.182. The summed E-state index contributed by atoms with van der Waals surface area (Å²) in [5.41, 5.74) is -0.352. The van der Waals surface area contributed by atoms with Crippen molar-refractivity contribution in [2.24, 2.45) is 0 Å². The van der Waals surface area contributed by atoms with E-state index in [9.17, 15) is 17.2 Å². The molecule has 0 spiro atoms. The van der Waals surface area contributed by atoms with Crippen molar-refractivity contribution in [3.8, 4) is 0 Å². The Hall–Kier alpha value is -2.00. The van der Waals surface area contributed by atoms with Gasteiger partial charge in [-0.2, -0.15) is 8.42 Å². The molecule has 0 aliphatic heterocycles. The van der Waals surface area contributed by atoms with Crippen LogP contribution in [0.25, 0.3) is 0 Å². The Balaban J connectivity index is 2.52. The molecule has 1 aromatic carbocycles. The molecule has 6 nitrogen and oxygen atoms in total. The first-order valence-electron chi connectivity index (χ1n) is 5.54. The molecule has 2 aromatic rings. The molecule has 9 heteroatoms. The summed E-state index contributed by atoms with van der Waals surface area (Å²) in [4.78, 5) is 5.98. The van der Waals surface area contributed by atoms with Crippen LogP contribution >= 0.6 is 0 Å². The van der Waals surface area contributed by atoms with Crippen molar-refractivity contribution in [1.29, 1.82) is 0 Å². The van der Waals surface area contributed by atoms with Crippen LogP contribution in [0.1, 0.15) is 0 Å². The number of benzene rings is 1. The number of nitrogens with zero attached hydrogens (tertiary/aromatic N) is 2. The van der Waals surface area contributed by atoms with E-state index >= 15 is 0 Å². The lowest BCUT2D eigenvalue weighted by atomic mass is 10.3. The second-order valence-corrected chi connectivity index (χ2v) is 5.64. The summed E-state index contributed by atoms with van der Waals surface area (Å²) >= 11 is 0. The van der Waals surface area contributed by atoms with Crippen LogP contribution in [0.3, 0.4) is 0 Å². The third-order valence-corrected chi connectivity index (χ3v) is 4.26. The van der Waals surface area contributed by atoms with Gasteiger partial charge in [0, 0.05) is 6.07 Å². The molecule has 1 aromatic heterocycles. The molecule has 0 saturated heterocycles. The first-order chi connectivity index (χ1) is 9.46. The summed E-state index contributed by atoms with van der Waals surface area (Å²) in [7, 11) is -4.12. The van der Waals surface area contributed by atoms with Gasteiger partial charge in [0.15, 0.2) is 5.03 Å². The van der Waals surface area contributed by atoms with Crippen LogP contribution in [0, 0.1) is 11.6 Å². The van der Waals surface area contributed by atoms with Crippen molar-refractivity contribution in [3.63, 3.8) is 0 Å². The van der Waals surface area contributed by atoms with Gasteiger partial charge in [0.1, 0.15) is 11.6 Å². The van der Waals surface area contributed by atoms with Crippen LogP contribution in [0.5, 0.6) is 0 Å². The summed E-state index contributed by atoms with van der Waals surface area (Å²) in [6.07, 6.45) is 2.21. The fourth-order valence-corrected chi connectivity index (χ4v) is 3.01. The van der Waals surface area contributed by atoms with Crippen LogP contribution in [0.4, 0.5) is 14.5 Å². The Bertz CT molecular complexity index is 689. The van der Waals surface area contributed by atoms with Gasteiger partial charge >= 0.3 is 0 Å². The van der Waals surface area contributed by atoms with Gasteiger partial charge in [-0.1, -0.05) is 0 Å². The molecule has 0 fully saturated rings. The third kappa shape index (κ3) is 2.63. The Morgan fingerprint density at radius 3 is 2.65 bits per heavy atom. The highest BCUT2D eigenvalue weighted by Gasteiger charge is 2.28. The van der Waals surface area contributed by atoms with E-state index in [2.05, 4.69) is 9.97 Å². The monoisotopic (exact) mass is 303 g/mol. The summed E-state index contributed by atoms with van der Waals surface area (Å²) in [6.45, 7) is -0.895. The second-order valence-electron chi connectivity index (χ2n) is 3.81. The maximum absolute atomic E-state index is 13.7. The number of hydrogen-bond acceptors (Lipinski definition) is 4. The van der Waals surface area contributed by atoms with Gasteiger partial charge in [-0.15, -0.1) is 0 Å². The van der Waals surface area contributed by atoms with Crippen molar-refractivity contribution in [1.82, 2.24) is 9.97 Å². The van der Waals surface area contributed by atoms with E-state index in [0.29, 0.717) is 10.4 Å².